The van der Waals surface area contributed by atoms with Crippen LogP contribution in [-0.2, 0) is 13.0 Å². The molecule has 23 heavy (non-hydrogen) atoms. The third-order valence-electron chi connectivity index (χ3n) is 4.52. The third kappa shape index (κ3) is 2.74. The fraction of sp³-hybridized carbons (Fsp3) is 0.333. The fourth-order valence-corrected chi connectivity index (χ4v) is 3.90. The SMILES string of the molecule is O=C1c2c(OCc3ccccc3)noc2CC2C=C[C@H](Br)CC12. The average molecular weight is 374 g/mol. The van der Waals surface area contributed by atoms with Crippen LogP contribution in [0, 0.1) is 11.8 Å². The summed E-state index contributed by atoms with van der Waals surface area (Å²) in [5, 5.41) is 3.99. The van der Waals surface area contributed by atoms with Crippen molar-refractivity contribution in [2.75, 3.05) is 0 Å². The van der Waals surface area contributed by atoms with Crippen LogP contribution < -0.4 is 4.74 Å². The molecule has 5 heteroatoms. The van der Waals surface area contributed by atoms with Gasteiger partial charge >= 0.3 is 0 Å². The lowest BCUT2D eigenvalue weighted by Gasteiger charge is -2.31. The summed E-state index contributed by atoms with van der Waals surface area (Å²) in [6, 6.07) is 9.82. The van der Waals surface area contributed by atoms with Crippen LogP contribution in [0.1, 0.15) is 28.1 Å². The molecule has 0 fully saturated rings. The Kier molecular flexibility index (Phi) is 3.81. The first-order valence-electron chi connectivity index (χ1n) is 7.74. The van der Waals surface area contributed by atoms with Gasteiger partial charge in [0.05, 0.1) is 0 Å². The Morgan fingerprint density at radius 1 is 1.26 bits per heavy atom. The van der Waals surface area contributed by atoms with E-state index in [-0.39, 0.29) is 22.4 Å². The first kappa shape index (κ1) is 14.7. The van der Waals surface area contributed by atoms with Crippen molar-refractivity contribution in [3.63, 3.8) is 0 Å². The van der Waals surface area contributed by atoms with Gasteiger partial charge in [-0.15, -0.1) is 0 Å². The van der Waals surface area contributed by atoms with Gasteiger partial charge in [-0.2, -0.15) is 0 Å². The molecule has 0 radical (unpaired) electrons. The molecular weight excluding hydrogens is 358 g/mol. The molecule has 1 aromatic carbocycles. The number of rotatable bonds is 3. The van der Waals surface area contributed by atoms with E-state index < -0.39 is 0 Å². The van der Waals surface area contributed by atoms with E-state index in [1.54, 1.807) is 0 Å². The molecular formula is C18H16BrNO3. The van der Waals surface area contributed by atoms with Crippen LogP contribution in [-0.4, -0.2) is 15.8 Å². The van der Waals surface area contributed by atoms with E-state index >= 15 is 0 Å². The number of halogens is 1. The molecule has 0 bridgehead atoms. The molecule has 4 nitrogen and oxygen atoms in total. The van der Waals surface area contributed by atoms with Gasteiger partial charge in [-0.25, -0.2) is 0 Å². The van der Waals surface area contributed by atoms with Crippen molar-refractivity contribution < 1.29 is 14.1 Å². The van der Waals surface area contributed by atoms with Gasteiger partial charge < -0.3 is 9.26 Å². The van der Waals surface area contributed by atoms with E-state index in [0.29, 0.717) is 30.2 Å². The van der Waals surface area contributed by atoms with E-state index in [4.69, 9.17) is 9.26 Å². The summed E-state index contributed by atoms with van der Waals surface area (Å²) in [5.74, 6) is 1.26. The van der Waals surface area contributed by atoms with Crippen LogP contribution >= 0.6 is 15.9 Å². The second kappa shape index (κ2) is 5.96. The molecule has 0 aliphatic heterocycles. The van der Waals surface area contributed by atoms with Crippen molar-refractivity contribution in [1.82, 2.24) is 5.16 Å². The highest BCUT2D eigenvalue weighted by molar-refractivity contribution is 9.09. The molecule has 1 heterocycles. The number of ketones is 1. The Morgan fingerprint density at radius 3 is 2.91 bits per heavy atom. The molecule has 2 aromatic rings. The molecule has 0 saturated carbocycles. The summed E-state index contributed by atoms with van der Waals surface area (Å²) >= 11 is 3.58. The molecule has 0 N–H and O–H groups in total. The number of aromatic nitrogens is 1. The van der Waals surface area contributed by atoms with Crippen molar-refractivity contribution >= 4 is 21.7 Å². The molecule has 2 unspecified atom stereocenters. The molecule has 4 rings (SSSR count). The predicted octanol–water partition coefficient (Wildman–Crippen LogP) is 3.95. The van der Waals surface area contributed by atoms with Gasteiger partial charge in [0.2, 0.25) is 0 Å². The van der Waals surface area contributed by atoms with E-state index in [9.17, 15) is 4.79 Å². The zero-order valence-electron chi connectivity index (χ0n) is 12.4. The number of benzene rings is 1. The molecule has 2 aliphatic carbocycles. The summed E-state index contributed by atoms with van der Waals surface area (Å²) < 4.78 is 11.1. The molecule has 3 atom stereocenters. The average Bonchev–Trinajstić information content (AvgIpc) is 2.98. The van der Waals surface area contributed by atoms with Crippen LogP contribution in [0.25, 0.3) is 0 Å². The van der Waals surface area contributed by atoms with Crippen LogP contribution in [0.4, 0.5) is 0 Å². The number of carbonyl (C=O) groups is 1. The molecule has 1 aromatic heterocycles. The Balaban J connectivity index is 1.58. The molecule has 0 spiro atoms. The molecule has 0 amide bonds. The highest BCUT2D eigenvalue weighted by Gasteiger charge is 2.41. The number of carbonyl (C=O) groups excluding carboxylic acids is 1. The fourth-order valence-electron chi connectivity index (χ4n) is 3.32. The van der Waals surface area contributed by atoms with Gasteiger partial charge in [0, 0.05) is 17.2 Å². The quantitative estimate of drug-likeness (QED) is 0.603. The van der Waals surface area contributed by atoms with Gasteiger partial charge in [-0.1, -0.05) is 58.4 Å². The van der Waals surface area contributed by atoms with E-state index in [1.807, 2.05) is 30.3 Å². The number of allylic oxidation sites excluding steroid dienone is 2. The number of ether oxygens (including phenoxy) is 1. The smallest absolute Gasteiger partial charge is 0.265 e. The summed E-state index contributed by atoms with van der Waals surface area (Å²) in [5.41, 5.74) is 1.57. The largest absolute Gasteiger partial charge is 0.470 e. The maximum atomic E-state index is 12.9. The Labute approximate surface area is 142 Å². The maximum Gasteiger partial charge on any atom is 0.265 e. The van der Waals surface area contributed by atoms with Gasteiger partial charge in [0.25, 0.3) is 5.88 Å². The number of Topliss-reactive ketones (excluding diaryl/α,β-unsaturated/α-hetero) is 1. The van der Waals surface area contributed by atoms with Gasteiger partial charge in [0.1, 0.15) is 12.2 Å². The summed E-state index contributed by atoms with van der Waals surface area (Å²) in [6.07, 6.45) is 5.75. The van der Waals surface area contributed by atoms with Gasteiger partial charge in [0.15, 0.2) is 11.5 Å². The topological polar surface area (TPSA) is 52.3 Å². The molecule has 118 valence electrons. The van der Waals surface area contributed by atoms with E-state index in [1.165, 1.54) is 0 Å². The first-order chi connectivity index (χ1) is 11.2. The number of hydrogen-bond acceptors (Lipinski definition) is 4. The van der Waals surface area contributed by atoms with Crippen molar-refractivity contribution in [2.24, 2.45) is 11.8 Å². The maximum absolute atomic E-state index is 12.9. The summed E-state index contributed by atoms with van der Waals surface area (Å²) in [4.78, 5) is 13.1. The van der Waals surface area contributed by atoms with E-state index in [0.717, 1.165) is 12.0 Å². The van der Waals surface area contributed by atoms with Crippen LogP contribution in [0.5, 0.6) is 5.88 Å². The van der Waals surface area contributed by atoms with Gasteiger partial charge in [-0.05, 0) is 23.1 Å². The van der Waals surface area contributed by atoms with Crippen molar-refractivity contribution in [2.45, 2.75) is 24.3 Å². The first-order valence-corrected chi connectivity index (χ1v) is 8.66. The lowest BCUT2D eigenvalue weighted by molar-refractivity contribution is 0.0851. The third-order valence-corrected chi connectivity index (χ3v) is 5.20. The van der Waals surface area contributed by atoms with Crippen LogP contribution in [0.2, 0.25) is 0 Å². The Morgan fingerprint density at radius 2 is 2.09 bits per heavy atom. The van der Waals surface area contributed by atoms with Crippen molar-refractivity contribution in [1.29, 1.82) is 0 Å². The Hall–Kier alpha value is -1.88. The number of alkyl halides is 1. The number of nitrogens with zero attached hydrogens (tertiary/aromatic N) is 1. The normalized spacial score (nSPS) is 25.8. The van der Waals surface area contributed by atoms with Crippen LogP contribution in [0.15, 0.2) is 47.0 Å². The van der Waals surface area contributed by atoms with Gasteiger partial charge in [-0.3, -0.25) is 4.79 Å². The second-order valence-electron chi connectivity index (χ2n) is 6.04. The second-order valence-corrected chi connectivity index (χ2v) is 7.21. The van der Waals surface area contributed by atoms with E-state index in [2.05, 4.69) is 33.2 Å². The zero-order chi connectivity index (χ0) is 15.8. The predicted molar refractivity (Wildman–Crippen MR) is 88.8 cm³/mol. The van der Waals surface area contributed by atoms with Crippen molar-refractivity contribution in [3.8, 4) is 5.88 Å². The molecule has 2 aliphatic rings. The monoisotopic (exact) mass is 373 g/mol. The number of hydrogen-bond donors (Lipinski definition) is 0. The summed E-state index contributed by atoms with van der Waals surface area (Å²) in [7, 11) is 0. The molecule has 0 saturated heterocycles. The van der Waals surface area contributed by atoms with Crippen LogP contribution in [0.3, 0.4) is 0 Å². The lowest BCUT2D eigenvalue weighted by Crippen LogP contribution is -2.34. The standard InChI is InChI=1S/C18H16BrNO3/c19-13-7-6-12-8-15-16(17(21)14(12)9-13)18(20-23-15)22-10-11-4-2-1-3-5-11/h1-7,12-14H,8-10H2/t12?,13-,14?/m0/s1. The minimum atomic E-state index is -0.0182. The minimum absolute atomic E-state index is 0.0182. The highest BCUT2D eigenvalue weighted by Crippen LogP contribution is 2.41. The minimum Gasteiger partial charge on any atom is -0.470 e. The summed E-state index contributed by atoms with van der Waals surface area (Å²) in [6.45, 7) is 0.377. The Bertz CT molecular complexity index is 753. The highest BCUT2D eigenvalue weighted by atomic mass is 79.9. The lowest BCUT2D eigenvalue weighted by atomic mass is 9.73. The van der Waals surface area contributed by atoms with Crippen molar-refractivity contribution in [3.05, 3.63) is 59.4 Å². The zero-order valence-corrected chi connectivity index (χ0v) is 14.0. The number of fused-ring (bicyclic) bond motifs is 2.